The summed E-state index contributed by atoms with van der Waals surface area (Å²) in [4.78, 5) is 12.4. The molecule has 0 spiro atoms. The zero-order valence-electron chi connectivity index (χ0n) is 12.9. The first kappa shape index (κ1) is 15.8. The van der Waals surface area contributed by atoms with Crippen LogP contribution in [0.2, 0.25) is 0 Å². The molecule has 1 aliphatic carbocycles. The van der Waals surface area contributed by atoms with E-state index in [1.165, 1.54) is 12.8 Å². The van der Waals surface area contributed by atoms with E-state index in [1.54, 1.807) is 0 Å². The summed E-state index contributed by atoms with van der Waals surface area (Å²) >= 11 is 1.96. The Morgan fingerprint density at radius 2 is 1.95 bits per heavy atom. The molecule has 2 unspecified atom stereocenters. The molecule has 0 bridgehead atoms. The normalized spacial score (nSPS) is 25.5. The molecule has 1 aromatic carbocycles. The average Bonchev–Trinajstić information content (AvgIpc) is 3.20. The van der Waals surface area contributed by atoms with Crippen LogP contribution in [-0.4, -0.2) is 36.2 Å². The van der Waals surface area contributed by atoms with Gasteiger partial charge in [0.15, 0.2) is 6.29 Å². The minimum Gasteiger partial charge on any atom is -0.348 e. The van der Waals surface area contributed by atoms with Gasteiger partial charge in [0.25, 0.3) is 5.91 Å². The monoisotopic (exact) mass is 321 g/mol. The number of carbonyl (C=O) groups is 1. The Morgan fingerprint density at radius 3 is 2.64 bits per heavy atom. The Labute approximate surface area is 135 Å². The standard InChI is InChI=1S/C17H23NO3S/c1-2-22-15-5-3-4-14(15)18-16(19)12-6-8-13(9-7-12)17-20-10-11-21-17/h6-9,14-15,17H,2-5,10-11H2,1H3,(H,18,19). The molecule has 2 atom stereocenters. The number of ether oxygens (including phenoxy) is 2. The summed E-state index contributed by atoms with van der Waals surface area (Å²) in [6.07, 6.45) is 3.22. The second-order valence-corrected chi connectivity index (χ2v) is 7.22. The van der Waals surface area contributed by atoms with Gasteiger partial charge in [-0.15, -0.1) is 0 Å². The molecule has 2 aliphatic rings. The van der Waals surface area contributed by atoms with Gasteiger partial charge < -0.3 is 14.8 Å². The third-order valence-electron chi connectivity index (χ3n) is 4.22. The Morgan fingerprint density at radius 1 is 1.23 bits per heavy atom. The molecule has 1 heterocycles. The third kappa shape index (κ3) is 3.65. The number of hydrogen-bond donors (Lipinski definition) is 1. The van der Waals surface area contributed by atoms with E-state index in [4.69, 9.17) is 9.47 Å². The van der Waals surface area contributed by atoms with E-state index in [1.807, 2.05) is 36.0 Å². The van der Waals surface area contributed by atoms with E-state index in [0.29, 0.717) is 30.1 Å². The van der Waals surface area contributed by atoms with E-state index in [9.17, 15) is 4.79 Å². The zero-order chi connectivity index (χ0) is 15.4. The molecular weight excluding hydrogens is 298 g/mol. The highest BCUT2D eigenvalue weighted by molar-refractivity contribution is 7.99. The van der Waals surface area contributed by atoms with Crippen molar-refractivity contribution in [3.05, 3.63) is 35.4 Å². The molecule has 1 saturated heterocycles. The number of carbonyl (C=O) groups excluding carboxylic acids is 1. The maximum absolute atomic E-state index is 12.4. The molecule has 1 amide bonds. The topological polar surface area (TPSA) is 47.6 Å². The van der Waals surface area contributed by atoms with Crippen molar-refractivity contribution in [3.8, 4) is 0 Å². The van der Waals surface area contributed by atoms with Crippen LogP contribution in [0.25, 0.3) is 0 Å². The van der Waals surface area contributed by atoms with Crippen molar-refractivity contribution in [1.82, 2.24) is 5.32 Å². The van der Waals surface area contributed by atoms with Crippen molar-refractivity contribution in [2.75, 3.05) is 19.0 Å². The van der Waals surface area contributed by atoms with E-state index in [-0.39, 0.29) is 12.2 Å². The molecule has 1 aliphatic heterocycles. The first-order valence-electron chi connectivity index (χ1n) is 8.03. The van der Waals surface area contributed by atoms with Crippen molar-refractivity contribution < 1.29 is 14.3 Å². The molecule has 22 heavy (non-hydrogen) atoms. The summed E-state index contributed by atoms with van der Waals surface area (Å²) in [5.74, 6) is 1.13. The summed E-state index contributed by atoms with van der Waals surface area (Å²) in [6.45, 7) is 3.43. The largest absolute Gasteiger partial charge is 0.348 e. The lowest BCUT2D eigenvalue weighted by Crippen LogP contribution is -2.38. The van der Waals surface area contributed by atoms with Gasteiger partial charge in [-0.2, -0.15) is 11.8 Å². The highest BCUT2D eigenvalue weighted by Crippen LogP contribution is 2.30. The van der Waals surface area contributed by atoms with E-state index in [2.05, 4.69) is 12.2 Å². The SMILES string of the molecule is CCSC1CCCC1NC(=O)c1ccc(C2OCCO2)cc1. The van der Waals surface area contributed by atoms with Crippen LogP contribution in [0.3, 0.4) is 0 Å². The van der Waals surface area contributed by atoms with Crippen LogP contribution < -0.4 is 5.32 Å². The van der Waals surface area contributed by atoms with Gasteiger partial charge in [-0.25, -0.2) is 0 Å². The second-order valence-electron chi connectivity index (χ2n) is 5.70. The van der Waals surface area contributed by atoms with E-state index >= 15 is 0 Å². The quantitative estimate of drug-likeness (QED) is 0.905. The number of hydrogen-bond acceptors (Lipinski definition) is 4. The molecule has 3 rings (SSSR count). The van der Waals surface area contributed by atoms with Gasteiger partial charge in [-0.1, -0.05) is 25.5 Å². The highest BCUT2D eigenvalue weighted by Gasteiger charge is 2.28. The fourth-order valence-corrected chi connectivity index (χ4v) is 4.30. The number of nitrogens with one attached hydrogen (secondary N) is 1. The lowest BCUT2D eigenvalue weighted by Gasteiger charge is -2.20. The van der Waals surface area contributed by atoms with Crippen LogP contribution in [-0.2, 0) is 9.47 Å². The van der Waals surface area contributed by atoms with Gasteiger partial charge in [0, 0.05) is 22.4 Å². The Balaban J connectivity index is 1.59. The van der Waals surface area contributed by atoms with Gasteiger partial charge in [-0.3, -0.25) is 4.79 Å². The van der Waals surface area contributed by atoms with E-state index < -0.39 is 0 Å². The maximum Gasteiger partial charge on any atom is 0.251 e. The number of thioether (sulfide) groups is 1. The Hall–Kier alpha value is -1.04. The molecule has 120 valence electrons. The minimum atomic E-state index is -0.280. The van der Waals surface area contributed by atoms with Crippen molar-refractivity contribution >= 4 is 17.7 Å². The molecule has 0 aromatic heterocycles. The first-order chi connectivity index (χ1) is 10.8. The number of rotatable bonds is 5. The van der Waals surface area contributed by atoms with Gasteiger partial charge in [0.1, 0.15) is 0 Å². The van der Waals surface area contributed by atoms with Crippen LogP contribution in [0, 0.1) is 0 Å². The molecule has 0 radical (unpaired) electrons. The smallest absolute Gasteiger partial charge is 0.251 e. The maximum atomic E-state index is 12.4. The predicted molar refractivity (Wildman–Crippen MR) is 88.1 cm³/mol. The van der Waals surface area contributed by atoms with E-state index in [0.717, 1.165) is 17.7 Å². The lowest BCUT2D eigenvalue weighted by molar-refractivity contribution is -0.0441. The van der Waals surface area contributed by atoms with Crippen molar-refractivity contribution in [3.63, 3.8) is 0 Å². The molecular formula is C17H23NO3S. The molecule has 1 saturated carbocycles. The molecule has 1 aromatic rings. The fourth-order valence-electron chi connectivity index (χ4n) is 3.10. The lowest BCUT2D eigenvalue weighted by atomic mass is 10.1. The third-order valence-corrected chi connectivity index (χ3v) is 5.54. The summed E-state index contributed by atoms with van der Waals surface area (Å²) in [7, 11) is 0. The number of benzene rings is 1. The summed E-state index contributed by atoms with van der Waals surface area (Å²) in [5, 5.41) is 3.76. The molecule has 2 fully saturated rings. The predicted octanol–water partition coefficient (Wildman–Crippen LogP) is 3.14. The summed E-state index contributed by atoms with van der Waals surface area (Å²) < 4.78 is 10.9. The molecule has 1 N–H and O–H groups in total. The van der Waals surface area contributed by atoms with Gasteiger partial charge in [0.05, 0.1) is 13.2 Å². The Bertz CT molecular complexity index is 499. The molecule has 4 nitrogen and oxygen atoms in total. The van der Waals surface area contributed by atoms with Crippen molar-refractivity contribution in [2.45, 2.75) is 43.8 Å². The zero-order valence-corrected chi connectivity index (χ0v) is 13.7. The summed E-state index contributed by atoms with van der Waals surface area (Å²) in [5.41, 5.74) is 1.67. The van der Waals surface area contributed by atoms with Crippen LogP contribution >= 0.6 is 11.8 Å². The molecule has 5 heteroatoms. The first-order valence-corrected chi connectivity index (χ1v) is 9.08. The van der Waals surface area contributed by atoms with Crippen LogP contribution in [0.1, 0.15) is 48.4 Å². The highest BCUT2D eigenvalue weighted by atomic mass is 32.2. The van der Waals surface area contributed by atoms with Crippen LogP contribution in [0.5, 0.6) is 0 Å². The van der Waals surface area contributed by atoms with Gasteiger partial charge in [0.2, 0.25) is 0 Å². The van der Waals surface area contributed by atoms with Crippen LogP contribution in [0.4, 0.5) is 0 Å². The van der Waals surface area contributed by atoms with Gasteiger partial charge >= 0.3 is 0 Å². The average molecular weight is 321 g/mol. The second kappa shape index (κ2) is 7.49. The fraction of sp³-hybridized carbons (Fsp3) is 0.588. The van der Waals surface area contributed by atoms with Crippen molar-refractivity contribution in [1.29, 1.82) is 0 Å². The minimum absolute atomic E-state index is 0.0217. The van der Waals surface area contributed by atoms with Crippen LogP contribution in [0.15, 0.2) is 24.3 Å². The summed E-state index contributed by atoms with van der Waals surface area (Å²) in [6, 6.07) is 7.84. The van der Waals surface area contributed by atoms with Gasteiger partial charge in [-0.05, 0) is 30.7 Å². The Kier molecular flexibility index (Phi) is 5.39. The number of amides is 1. The van der Waals surface area contributed by atoms with Crippen molar-refractivity contribution in [2.24, 2.45) is 0 Å².